The van der Waals surface area contributed by atoms with Crippen molar-refractivity contribution in [3.05, 3.63) is 23.8 Å². The van der Waals surface area contributed by atoms with Gasteiger partial charge in [-0.15, -0.1) is 0 Å². The number of benzene rings is 1. The lowest BCUT2D eigenvalue weighted by molar-refractivity contribution is 0.0392. The number of nitrogen functional groups attached to an aromatic ring is 1. The molecule has 7 nitrogen and oxygen atoms in total. The number of hydrogen-bond acceptors (Lipinski definition) is 5. The van der Waals surface area contributed by atoms with Crippen molar-refractivity contribution in [2.24, 2.45) is 0 Å². The first-order valence-electron chi connectivity index (χ1n) is 6.06. The highest BCUT2D eigenvalue weighted by Crippen LogP contribution is 2.25. The first kappa shape index (κ1) is 14.8. The maximum absolute atomic E-state index is 12.6. The van der Waals surface area contributed by atoms with Crippen LogP contribution in [0.3, 0.4) is 0 Å². The van der Waals surface area contributed by atoms with Crippen LogP contribution in [0.4, 0.5) is 5.69 Å². The molecule has 1 aliphatic rings. The SMILES string of the molecule is CC1COCCN1S(=O)(=O)c1ccc(N)cc1C(=O)O. The number of aromatic carboxylic acids is 1. The zero-order chi connectivity index (χ0) is 14.9. The molecule has 0 spiro atoms. The van der Waals surface area contributed by atoms with Crippen molar-refractivity contribution in [3.8, 4) is 0 Å². The van der Waals surface area contributed by atoms with E-state index in [4.69, 9.17) is 15.6 Å². The third-order valence-electron chi connectivity index (χ3n) is 3.13. The van der Waals surface area contributed by atoms with Gasteiger partial charge in [0.2, 0.25) is 10.0 Å². The Bertz CT molecular complexity index is 629. The molecule has 1 aromatic rings. The Labute approximate surface area is 117 Å². The van der Waals surface area contributed by atoms with Crippen molar-refractivity contribution in [1.82, 2.24) is 4.31 Å². The van der Waals surface area contributed by atoms with Gasteiger partial charge in [-0.1, -0.05) is 0 Å². The number of ether oxygens (including phenoxy) is 1. The van der Waals surface area contributed by atoms with Crippen LogP contribution in [-0.2, 0) is 14.8 Å². The Morgan fingerprint density at radius 1 is 1.50 bits per heavy atom. The smallest absolute Gasteiger partial charge is 0.337 e. The van der Waals surface area contributed by atoms with Crippen LogP contribution < -0.4 is 5.73 Å². The zero-order valence-corrected chi connectivity index (χ0v) is 11.8. The molecule has 0 amide bonds. The highest BCUT2D eigenvalue weighted by molar-refractivity contribution is 7.89. The number of carboxylic acid groups (broad SMARTS) is 1. The second kappa shape index (κ2) is 5.39. The van der Waals surface area contributed by atoms with Gasteiger partial charge in [-0.25, -0.2) is 13.2 Å². The fraction of sp³-hybridized carbons (Fsp3) is 0.417. The van der Waals surface area contributed by atoms with Gasteiger partial charge in [0.15, 0.2) is 0 Å². The minimum Gasteiger partial charge on any atom is -0.478 e. The van der Waals surface area contributed by atoms with E-state index in [1.54, 1.807) is 6.92 Å². The molecule has 0 bridgehead atoms. The summed E-state index contributed by atoms with van der Waals surface area (Å²) in [5.74, 6) is -1.32. The van der Waals surface area contributed by atoms with Crippen LogP contribution in [0, 0.1) is 0 Å². The third-order valence-corrected chi connectivity index (χ3v) is 5.20. The average molecular weight is 300 g/mol. The molecule has 2 rings (SSSR count). The molecule has 1 atom stereocenters. The molecule has 0 aliphatic carbocycles. The van der Waals surface area contributed by atoms with E-state index in [0.717, 1.165) is 6.07 Å². The molecule has 1 aromatic carbocycles. The fourth-order valence-corrected chi connectivity index (χ4v) is 3.90. The van der Waals surface area contributed by atoms with Crippen molar-refractivity contribution in [3.63, 3.8) is 0 Å². The van der Waals surface area contributed by atoms with Crippen LogP contribution in [-0.4, -0.2) is 49.6 Å². The lowest BCUT2D eigenvalue weighted by Gasteiger charge is -2.32. The van der Waals surface area contributed by atoms with Crippen molar-refractivity contribution in [1.29, 1.82) is 0 Å². The summed E-state index contributed by atoms with van der Waals surface area (Å²) < 4.78 is 31.7. The second-order valence-corrected chi connectivity index (χ2v) is 6.46. The summed E-state index contributed by atoms with van der Waals surface area (Å²) in [7, 11) is -3.89. The summed E-state index contributed by atoms with van der Waals surface area (Å²) in [6, 6.07) is 3.43. The monoisotopic (exact) mass is 300 g/mol. The maximum Gasteiger partial charge on any atom is 0.337 e. The van der Waals surface area contributed by atoms with Crippen LogP contribution in [0.1, 0.15) is 17.3 Å². The van der Waals surface area contributed by atoms with Crippen molar-refractivity contribution in [2.45, 2.75) is 17.9 Å². The Balaban J connectivity index is 2.51. The minimum atomic E-state index is -3.89. The molecule has 1 saturated heterocycles. The number of sulfonamides is 1. The molecule has 0 saturated carbocycles. The number of rotatable bonds is 3. The number of nitrogens with two attached hydrogens (primary N) is 1. The zero-order valence-electron chi connectivity index (χ0n) is 10.9. The van der Waals surface area contributed by atoms with Gasteiger partial charge in [-0.3, -0.25) is 0 Å². The number of anilines is 1. The molecule has 110 valence electrons. The average Bonchev–Trinajstić information content (AvgIpc) is 2.38. The largest absolute Gasteiger partial charge is 0.478 e. The molecular weight excluding hydrogens is 284 g/mol. The van der Waals surface area contributed by atoms with Gasteiger partial charge in [-0.2, -0.15) is 4.31 Å². The summed E-state index contributed by atoms with van der Waals surface area (Å²) in [6.07, 6.45) is 0. The third kappa shape index (κ3) is 2.62. The van der Waals surface area contributed by atoms with Crippen molar-refractivity contribution in [2.75, 3.05) is 25.5 Å². The summed E-state index contributed by atoms with van der Waals surface area (Å²) >= 11 is 0. The van der Waals surface area contributed by atoms with Crippen molar-refractivity contribution >= 4 is 21.7 Å². The summed E-state index contributed by atoms with van der Waals surface area (Å²) in [5.41, 5.74) is 5.41. The minimum absolute atomic E-state index is 0.201. The van der Waals surface area contributed by atoms with Gasteiger partial charge >= 0.3 is 5.97 Å². The topological polar surface area (TPSA) is 110 Å². The Morgan fingerprint density at radius 3 is 2.80 bits per heavy atom. The van der Waals surface area contributed by atoms with Crippen molar-refractivity contribution < 1.29 is 23.1 Å². The summed E-state index contributed by atoms with van der Waals surface area (Å²) in [4.78, 5) is 11.0. The lowest BCUT2D eigenvalue weighted by Crippen LogP contribution is -2.47. The van der Waals surface area contributed by atoms with E-state index in [9.17, 15) is 13.2 Å². The van der Waals surface area contributed by atoms with Crippen LogP contribution in [0.5, 0.6) is 0 Å². The molecule has 1 heterocycles. The number of morpholine rings is 1. The van der Waals surface area contributed by atoms with Gasteiger partial charge in [0, 0.05) is 18.3 Å². The molecule has 1 unspecified atom stereocenters. The molecule has 1 aliphatic heterocycles. The van der Waals surface area contributed by atoms with Crippen LogP contribution in [0.15, 0.2) is 23.1 Å². The predicted octanol–water partition coefficient (Wildman–Crippen LogP) is 0.376. The number of hydrogen-bond donors (Lipinski definition) is 2. The van der Waals surface area contributed by atoms with Crippen LogP contribution in [0.25, 0.3) is 0 Å². The number of nitrogens with zero attached hydrogens (tertiary/aromatic N) is 1. The molecule has 8 heteroatoms. The first-order valence-corrected chi connectivity index (χ1v) is 7.50. The highest BCUT2D eigenvalue weighted by Gasteiger charge is 2.34. The predicted molar refractivity (Wildman–Crippen MR) is 72.0 cm³/mol. The van der Waals surface area contributed by atoms with Gasteiger partial charge < -0.3 is 15.6 Å². The Kier molecular flexibility index (Phi) is 3.98. The first-order chi connectivity index (χ1) is 9.34. The molecule has 0 aromatic heterocycles. The summed E-state index contributed by atoms with van der Waals surface area (Å²) in [5, 5.41) is 9.15. The standard InChI is InChI=1S/C12H16N2O5S/c1-8-7-19-5-4-14(8)20(17,18)11-3-2-9(13)6-10(11)12(15)16/h2-3,6,8H,4-5,7,13H2,1H3,(H,15,16). The Morgan fingerprint density at radius 2 is 2.20 bits per heavy atom. The van der Waals surface area contributed by atoms with E-state index >= 15 is 0 Å². The van der Waals surface area contributed by atoms with E-state index in [-0.39, 0.29) is 35.3 Å². The maximum atomic E-state index is 12.6. The van der Waals surface area contributed by atoms with E-state index in [2.05, 4.69) is 0 Å². The fourth-order valence-electron chi connectivity index (χ4n) is 2.13. The molecule has 0 radical (unpaired) electrons. The van der Waals surface area contributed by atoms with E-state index in [0.29, 0.717) is 6.61 Å². The van der Waals surface area contributed by atoms with Crippen LogP contribution >= 0.6 is 0 Å². The molecular formula is C12H16N2O5S. The molecule has 20 heavy (non-hydrogen) atoms. The Hall–Kier alpha value is -1.64. The number of carbonyl (C=O) groups is 1. The lowest BCUT2D eigenvalue weighted by atomic mass is 10.2. The van der Waals surface area contributed by atoms with Gasteiger partial charge in [-0.05, 0) is 25.1 Å². The van der Waals surface area contributed by atoms with E-state index < -0.39 is 16.0 Å². The second-order valence-electron chi connectivity index (χ2n) is 4.60. The van der Waals surface area contributed by atoms with Gasteiger partial charge in [0.1, 0.15) is 0 Å². The van der Waals surface area contributed by atoms with Gasteiger partial charge in [0.25, 0.3) is 0 Å². The highest BCUT2D eigenvalue weighted by atomic mass is 32.2. The van der Waals surface area contributed by atoms with Gasteiger partial charge in [0.05, 0.1) is 23.7 Å². The number of carboxylic acids is 1. The van der Waals surface area contributed by atoms with Crippen LogP contribution in [0.2, 0.25) is 0 Å². The van der Waals surface area contributed by atoms with E-state index in [1.807, 2.05) is 0 Å². The normalized spacial score (nSPS) is 20.8. The molecule has 3 N–H and O–H groups in total. The molecule has 1 fully saturated rings. The van der Waals surface area contributed by atoms with E-state index in [1.165, 1.54) is 16.4 Å². The quantitative estimate of drug-likeness (QED) is 0.781. The summed E-state index contributed by atoms with van der Waals surface area (Å²) in [6.45, 7) is 2.50.